The quantitative estimate of drug-likeness (QED) is 0.439. The van der Waals surface area contributed by atoms with E-state index in [0.29, 0.717) is 6.42 Å². The summed E-state index contributed by atoms with van der Waals surface area (Å²) in [6.07, 6.45) is 4.47. The highest BCUT2D eigenvalue weighted by Crippen LogP contribution is 2.02. The van der Waals surface area contributed by atoms with Crippen LogP contribution in [0, 0.1) is 0 Å². The Morgan fingerprint density at radius 1 is 1.33 bits per heavy atom. The fourth-order valence-electron chi connectivity index (χ4n) is 1.16. The minimum atomic E-state index is -1.04. The van der Waals surface area contributed by atoms with E-state index in [2.05, 4.69) is 24.9 Å². The largest absolute Gasteiger partial charge is 0.480 e. The number of carbonyl (C=O) groups is 2. The van der Waals surface area contributed by atoms with Gasteiger partial charge in [-0.25, -0.2) is 4.79 Å². The van der Waals surface area contributed by atoms with Crippen LogP contribution in [0.4, 0.5) is 0 Å². The standard InChI is InChI=1S/C10H19NO3S/c1-2-3-4-5-6-9(12)11-8(7-15)10(13)14/h8,15H,2-7H2,1H3,(H,11,12)(H,13,14). The molecule has 15 heavy (non-hydrogen) atoms. The number of aliphatic carboxylic acids is 1. The molecule has 0 rings (SSSR count). The number of nitrogens with one attached hydrogen (secondary N) is 1. The highest BCUT2D eigenvalue weighted by atomic mass is 32.1. The van der Waals surface area contributed by atoms with Gasteiger partial charge in [0.05, 0.1) is 0 Å². The molecule has 4 nitrogen and oxygen atoms in total. The Hall–Kier alpha value is -0.710. The zero-order chi connectivity index (χ0) is 11.7. The van der Waals surface area contributed by atoms with E-state index >= 15 is 0 Å². The summed E-state index contributed by atoms with van der Waals surface area (Å²) in [5.41, 5.74) is 0. The Morgan fingerprint density at radius 2 is 2.00 bits per heavy atom. The Labute approximate surface area is 95.8 Å². The Kier molecular flexibility index (Phi) is 8.18. The number of thiol groups is 1. The van der Waals surface area contributed by atoms with Gasteiger partial charge in [-0.3, -0.25) is 4.79 Å². The first kappa shape index (κ1) is 14.3. The third kappa shape index (κ3) is 7.25. The van der Waals surface area contributed by atoms with E-state index in [1.807, 2.05) is 0 Å². The molecule has 0 bridgehead atoms. The number of carbonyl (C=O) groups excluding carboxylic acids is 1. The maximum Gasteiger partial charge on any atom is 0.327 e. The molecule has 0 heterocycles. The van der Waals surface area contributed by atoms with Crippen LogP contribution >= 0.6 is 12.6 Å². The number of unbranched alkanes of at least 4 members (excludes halogenated alkanes) is 3. The van der Waals surface area contributed by atoms with Crippen LogP contribution in [0.3, 0.4) is 0 Å². The number of hydrogen-bond donors (Lipinski definition) is 3. The van der Waals surface area contributed by atoms with Crippen molar-refractivity contribution < 1.29 is 14.7 Å². The molecule has 0 radical (unpaired) electrons. The maximum absolute atomic E-state index is 11.3. The predicted molar refractivity (Wildman–Crippen MR) is 62.2 cm³/mol. The van der Waals surface area contributed by atoms with Crippen molar-refractivity contribution in [1.82, 2.24) is 5.32 Å². The Morgan fingerprint density at radius 3 is 2.47 bits per heavy atom. The lowest BCUT2D eigenvalue weighted by molar-refractivity contribution is -0.141. The first-order valence-electron chi connectivity index (χ1n) is 5.24. The lowest BCUT2D eigenvalue weighted by Gasteiger charge is -2.11. The SMILES string of the molecule is CCCCCCC(=O)NC(CS)C(=O)O. The van der Waals surface area contributed by atoms with Gasteiger partial charge in [-0.2, -0.15) is 12.6 Å². The molecule has 1 unspecified atom stereocenters. The molecule has 1 atom stereocenters. The molecule has 0 aliphatic rings. The molecule has 2 N–H and O–H groups in total. The van der Waals surface area contributed by atoms with E-state index in [0.717, 1.165) is 25.7 Å². The summed E-state index contributed by atoms with van der Waals surface area (Å²) in [4.78, 5) is 21.9. The second-order valence-electron chi connectivity index (χ2n) is 3.45. The van der Waals surface area contributed by atoms with Gasteiger partial charge in [-0.1, -0.05) is 26.2 Å². The third-order valence-corrected chi connectivity index (χ3v) is 2.44. The fraction of sp³-hybridized carbons (Fsp3) is 0.800. The predicted octanol–water partition coefficient (Wildman–Crippen LogP) is 1.46. The highest BCUT2D eigenvalue weighted by molar-refractivity contribution is 7.80. The molecule has 0 aromatic rings. The number of carboxylic acid groups (broad SMARTS) is 1. The van der Waals surface area contributed by atoms with Gasteiger partial charge in [0.2, 0.25) is 5.91 Å². The van der Waals surface area contributed by atoms with Gasteiger partial charge in [0.1, 0.15) is 6.04 Å². The molecule has 88 valence electrons. The molecule has 0 saturated heterocycles. The van der Waals surface area contributed by atoms with Crippen LogP contribution in [-0.4, -0.2) is 28.8 Å². The third-order valence-electron chi connectivity index (χ3n) is 2.07. The van der Waals surface area contributed by atoms with E-state index < -0.39 is 12.0 Å². The average Bonchev–Trinajstić information content (AvgIpc) is 2.20. The van der Waals surface area contributed by atoms with E-state index in [1.54, 1.807) is 0 Å². The lowest BCUT2D eigenvalue weighted by Crippen LogP contribution is -2.42. The first-order chi connectivity index (χ1) is 7.11. The van der Waals surface area contributed by atoms with Crippen molar-refractivity contribution in [2.45, 2.75) is 45.1 Å². The fourth-order valence-corrected chi connectivity index (χ4v) is 1.41. The van der Waals surface area contributed by atoms with E-state index in [-0.39, 0.29) is 11.7 Å². The van der Waals surface area contributed by atoms with Crippen LogP contribution in [0.25, 0.3) is 0 Å². The monoisotopic (exact) mass is 233 g/mol. The van der Waals surface area contributed by atoms with Gasteiger partial charge in [0.15, 0.2) is 0 Å². The molecular formula is C10H19NO3S. The normalized spacial score (nSPS) is 12.1. The van der Waals surface area contributed by atoms with E-state index in [1.165, 1.54) is 0 Å². The molecule has 0 aliphatic carbocycles. The summed E-state index contributed by atoms with van der Waals surface area (Å²) < 4.78 is 0. The van der Waals surface area contributed by atoms with Crippen molar-refractivity contribution in [3.05, 3.63) is 0 Å². The van der Waals surface area contributed by atoms with Crippen LogP contribution in [0.5, 0.6) is 0 Å². The average molecular weight is 233 g/mol. The lowest BCUT2D eigenvalue weighted by atomic mass is 10.1. The van der Waals surface area contributed by atoms with Gasteiger partial charge in [0.25, 0.3) is 0 Å². The summed E-state index contributed by atoms with van der Waals surface area (Å²) >= 11 is 3.86. The summed E-state index contributed by atoms with van der Waals surface area (Å²) in [6, 6.07) is -0.869. The minimum Gasteiger partial charge on any atom is -0.480 e. The van der Waals surface area contributed by atoms with E-state index in [9.17, 15) is 9.59 Å². The Bertz CT molecular complexity index is 209. The summed E-state index contributed by atoms with van der Waals surface area (Å²) in [5, 5.41) is 11.1. The van der Waals surface area contributed by atoms with Crippen molar-refractivity contribution in [3.8, 4) is 0 Å². The van der Waals surface area contributed by atoms with Crippen molar-refractivity contribution in [1.29, 1.82) is 0 Å². The first-order valence-corrected chi connectivity index (χ1v) is 5.88. The van der Waals surface area contributed by atoms with Crippen LogP contribution in [0.1, 0.15) is 39.0 Å². The minimum absolute atomic E-state index is 0.121. The number of rotatable bonds is 8. The Balaban J connectivity index is 3.67. The molecule has 0 fully saturated rings. The van der Waals surface area contributed by atoms with Gasteiger partial charge >= 0.3 is 5.97 Å². The molecule has 5 heteroatoms. The van der Waals surface area contributed by atoms with Crippen molar-refractivity contribution in [3.63, 3.8) is 0 Å². The summed E-state index contributed by atoms with van der Waals surface area (Å²) in [7, 11) is 0. The van der Waals surface area contributed by atoms with Crippen molar-refractivity contribution >= 4 is 24.5 Å². The molecule has 0 aromatic heterocycles. The van der Waals surface area contributed by atoms with Crippen molar-refractivity contribution in [2.24, 2.45) is 0 Å². The van der Waals surface area contributed by atoms with Crippen molar-refractivity contribution in [2.75, 3.05) is 5.75 Å². The smallest absolute Gasteiger partial charge is 0.327 e. The zero-order valence-electron chi connectivity index (χ0n) is 9.03. The molecule has 0 aliphatic heterocycles. The molecule has 0 saturated carbocycles. The van der Waals surface area contributed by atoms with Gasteiger partial charge in [0, 0.05) is 12.2 Å². The van der Waals surface area contributed by atoms with Gasteiger partial charge in [-0.05, 0) is 6.42 Å². The maximum atomic E-state index is 11.3. The topological polar surface area (TPSA) is 66.4 Å². The van der Waals surface area contributed by atoms with Crippen LogP contribution in [0.2, 0.25) is 0 Å². The van der Waals surface area contributed by atoms with Gasteiger partial charge < -0.3 is 10.4 Å². The number of hydrogen-bond acceptors (Lipinski definition) is 3. The second-order valence-corrected chi connectivity index (χ2v) is 3.82. The molecule has 1 amide bonds. The summed E-state index contributed by atoms with van der Waals surface area (Å²) in [5.74, 6) is -1.12. The molecule has 0 spiro atoms. The summed E-state index contributed by atoms with van der Waals surface area (Å²) in [6.45, 7) is 2.10. The number of carboxylic acids is 1. The van der Waals surface area contributed by atoms with Crippen LogP contribution in [0.15, 0.2) is 0 Å². The molecule has 0 aromatic carbocycles. The zero-order valence-corrected chi connectivity index (χ0v) is 9.93. The van der Waals surface area contributed by atoms with E-state index in [4.69, 9.17) is 5.11 Å². The number of amides is 1. The highest BCUT2D eigenvalue weighted by Gasteiger charge is 2.17. The molecular weight excluding hydrogens is 214 g/mol. The van der Waals surface area contributed by atoms with Gasteiger partial charge in [-0.15, -0.1) is 0 Å². The van der Waals surface area contributed by atoms with Crippen LogP contribution < -0.4 is 5.32 Å². The second kappa shape index (κ2) is 8.59. The van der Waals surface area contributed by atoms with Crippen LogP contribution in [-0.2, 0) is 9.59 Å².